The first-order valence-corrected chi connectivity index (χ1v) is 17.3. The molecule has 0 N–H and O–H groups in total. The molecule has 0 heterocycles. The molecule has 2 atom stereocenters. The summed E-state index contributed by atoms with van der Waals surface area (Å²) in [7, 11) is -2.72. The van der Waals surface area contributed by atoms with Crippen LogP contribution in [0.25, 0.3) is 0 Å². The van der Waals surface area contributed by atoms with Crippen LogP contribution in [0, 0.1) is 24.2 Å². The number of terminal acetylenes is 1. The SMILES string of the molecule is C#CCN(C(C#Cc1cccc(Br)c1)CCO[Si](c1ccccc1)(c1ccccc1)C(C)(C)C)[S@+]([O-])C(C)(C)C. The van der Waals surface area contributed by atoms with Crippen LogP contribution in [-0.4, -0.2) is 41.1 Å². The quantitative estimate of drug-likeness (QED) is 0.153. The predicted octanol–water partition coefficient (Wildman–Crippen LogP) is 6.53. The molecule has 0 aromatic heterocycles. The molecule has 0 saturated heterocycles. The van der Waals surface area contributed by atoms with Crippen molar-refractivity contribution in [3.05, 3.63) is 95.0 Å². The molecule has 0 aliphatic rings. The van der Waals surface area contributed by atoms with E-state index < -0.39 is 24.4 Å². The van der Waals surface area contributed by atoms with Gasteiger partial charge in [0.05, 0.1) is 0 Å². The van der Waals surface area contributed by atoms with Gasteiger partial charge in [-0.15, -0.1) is 10.7 Å². The first kappa shape index (κ1) is 32.2. The number of rotatable bonds is 9. The van der Waals surface area contributed by atoms with Gasteiger partial charge in [-0.1, -0.05) is 121 Å². The van der Waals surface area contributed by atoms with Gasteiger partial charge >= 0.3 is 0 Å². The molecule has 6 heteroatoms. The summed E-state index contributed by atoms with van der Waals surface area (Å²) in [5, 5.41) is 2.31. The van der Waals surface area contributed by atoms with E-state index in [-0.39, 0.29) is 17.6 Å². The maximum atomic E-state index is 13.7. The molecule has 0 fully saturated rings. The second-order valence-electron chi connectivity index (χ2n) is 11.7. The molecule has 0 radical (unpaired) electrons. The van der Waals surface area contributed by atoms with E-state index in [9.17, 15) is 4.55 Å². The third-order valence-electron chi connectivity index (χ3n) is 6.67. The highest BCUT2D eigenvalue weighted by atomic mass is 79.9. The number of halogens is 1. The Balaban J connectivity index is 2.03. The molecule has 40 heavy (non-hydrogen) atoms. The van der Waals surface area contributed by atoms with Crippen LogP contribution in [0.3, 0.4) is 0 Å². The van der Waals surface area contributed by atoms with Gasteiger partial charge in [-0.3, -0.25) is 0 Å². The average molecular weight is 635 g/mol. The topological polar surface area (TPSA) is 35.5 Å². The van der Waals surface area contributed by atoms with Crippen molar-refractivity contribution in [1.29, 1.82) is 0 Å². The molecule has 0 saturated carbocycles. The molecule has 1 unspecified atom stereocenters. The Morgan fingerprint density at radius 2 is 1.50 bits per heavy atom. The van der Waals surface area contributed by atoms with Crippen LogP contribution in [0.5, 0.6) is 0 Å². The monoisotopic (exact) mass is 633 g/mol. The summed E-state index contributed by atoms with van der Waals surface area (Å²) in [6.45, 7) is 13.4. The van der Waals surface area contributed by atoms with Gasteiger partial charge in [-0.2, -0.15) is 0 Å². The van der Waals surface area contributed by atoms with Gasteiger partial charge in [-0.05, 0) is 54.4 Å². The lowest BCUT2D eigenvalue weighted by atomic mass is 10.1. The zero-order valence-electron chi connectivity index (χ0n) is 24.4. The molecular formula is C34H40BrNO2SSi. The summed E-state index contributed by atoms with van der Waals surface area (Å²) in [5.41, 5.74) is 0.884. The zero-order valence-corrected chi connectivity index (χ0v) is 27.8. The van der Waals surface area contributed by atoms with Crippen LogP contribution in [0.1, 0.15) is 53.5 Å². The molecule has 0 aliphatic heterocycles. The molecule has 210 valence electrons. The Labute approximate surface area is 254 Å². The summed E-state index contributed by atoms with van der Waals surface area (Å²) in [5.74, 6) is 9.43. The van der Waals surface area contributed by atoms with Crippen LogP contribution in [0.4, 0.5) is 0 Å². The van der Waals surface area contributed by atoms with Crippen molar-refractivity contribution >= 4 is 46.0 Å². The van der Waals surface area contributed by atoms with Crippen LogP contribution in [0.15, 0.2) is 89.4 Å². The van der Waals surface area contributed by atoms with Gasteiger partial charge in [0, 0.05) is 34.4 Å². The summed E-state index contributed by atoms with van der Waals surface area (Å²) < 4.78 is 23.1. The lowest BCUT2D eigenvalue weighted by molar-refractivity contribution is 0.259. The van der Waals surface area contributed by atoms with Crippen molar-refractivity contribution in [2.75, 3.05) is 13.2 Å². The summed E-state index contributed by atoms with van der Waals surface area (Å²) in [4.78, 5) is 0. The Morgan fingerprint density at radius 1 is 0.925 bits per heavy atom. The van der Waals surface area contributed by atoms with E-state index in [1.807, 2.05) is 61.5 Å². The number of hydrogen-bond donors (Lipinski definition) is 0. The fourth-order valence-corrected chi connectivity index (χ4v) is 11.1. The minimum Gasteiger partial charge on any atom is -0.597 e. The summed E-state index contributed by atoms with van der Waals surface area (Å²) in [6.07, 6.45) is 6.34. The minimum absolute atomic E-state index is 0.139. The Bertz CT molecular complexity index is 1290. The normalized spacial score (nSPS) is 13.7. The van der Waals surface area contributed by atoms with Gasteiger partial charge < -0.3 is 8.98 Å². The second-order valence-corrected chi connectivity index (χ2v) is 19.2. The highest BCUT2D eigenvalue weighted by molar-refractivity contribution is 9.10. The lowest BCUT2D eigenvalue weighted by Crippen LogP contribution is -2.66. The van der Waals surface area contributed by atoms with Gasteiger partial charge in [0.25, 0.3) is 8.32 Å². The molecule has 3 aromatic rings. The highest BCUT2D eigenvalue weighted by Crippen LogP contribution is 2.37. The van der Waals surface area contributed by atoms with Gasteiger partial charge in [0.2, 0.25) is 0 Å². The molecule has 0 bridgehead atoms. The Morgan fingerprint density at radius 3 is 1.98 bits per heavy atom. The van der Waals surface area contributed by atoms with E-state index in [4.69, 9.17) is 10.8 Å². The summed E-state index contributed by atoms with van der Waals surface area (Å²) in [6, 6.07) is 28.7. The summed E-state index contributed by atoms with van der Waals surface area (Å²) >= 11 is 2.18. The van der Waals surface area contributed by atoms with Crippen LogP contribution in [0.2, 0.25) is 5.04 Å². The van der Waals surface area contributed by atoms with Crippen molar-refractivity contribution in [2.45, 2.75) is 63.8 Å². The van der Waals surface area contributed by atoms with E-state index in [1.165, 1.54) is 10.4 Å². The molecular weight excluding hydrogens is 594 g/mol. The average Bonchev–Trinajstić information content (AvgIpc) is 2.91. The minimum atomic E-state index is -2.72. The zero-order chi connectivity index (χ0) is 29.4. The lowest BCUT2D eigenvalue weighted by Gasteiger charge is -2.43. The van der Waals surface area contributed by atoms with Crippen molar-refractivity contribution < 1.29 is 8.98 Å². The van der Waals surface area contributed by atoms with Crippen molar-refractivity contribution in [3.63, 3.8) is 0 Å². The standard InChI is InChI=1S/C34H40BrNO2SSi/c1-8-25-36(39(37)33(2,3)4)30(23-22-28-16-15-17-29(35)27-28)24-26-38-40(34(5,6)7,31-18-11-9-12-19-31)32-20-13-10-14-21-32/h1,9-21,27,30H,24-26H2,2-7H3/t30?,39-/m1/s1. The van der Waals surface area contributed by atoms with Crippen LogP contribution < -0.4 is 10.4 Å². The van der Waals surface area contributed by atoms with Gasteiger partial charge in [0.15, 0.2) is 0 Å². The highest BCUT2D eigenvalue weighted by Gasteiger charge is 2.50. The third kappa shape index (κ3) is 7.92. The van der Waals surface area contributed by atoms with E-state index in [2.05, 4.69) is 103 Å². The van der Waals surface area contributed by atoms with Crippen molar-refractivity contribution in [2.24, 2.45) is 0 Å². The maximum absolute atomic E-state index is 13.7. The van der Waals surface area contributed by atoms with Gasteiger partial charge in [0.1, 0.15) is 17.3 Å². The van der Waals surface area contributed by atoms with Crippen molar-refractivity contribution in [3.8, 4) is 24.2 Å². The fraction of sp³-hybridized carbons (Fsp3) is 0.353. The second kappa shape index (κ2) is 14.1. The number of nitrogens with zero attached hydrogens (tertiary/aromatic N) is 1. The molecule has 3 nitrogen and oxygen atoms in total. The predicted molar refractivity (Wildman–Crippen MR) is 176 cm³/mol. The van der Waals surface area contributed by atoms with Crippen molar-refractivity contribution in [1.82, 2.24) is 4.31 Å². The Kier molecular flexibility index (Phi) is 11.3. The van der Waals surface area contributed by atoms with E-state index in [0.717, 1.165) is 10.0 Å². The molecule has 0 amide bonds. The smallest absolute Gasteiger partial charge is 0.261 e. The molecule has 3 aromatic carbocycles. The first-order chi connectivity index (χ1) is 18.9. The van der Waals surface area contributed by atoms with Crippen LogP contribution >= 0.6 is 15.9 Å². The maximum Gasteiger partial charge on any atom is 0.261 e. The number of benzene rings is 3. The fourth-order valence-electron chi connectivity index (χ4n) is 4.83. The number of hydrogen-bond acceptors (Lipinski definition) is 3. The molecule has 0 spiro atoms. The third-order valence-corrected chi connectivity index (χ3v) is 14.1. The van der Waals surface area contributed by atoms with E-state index in [0.29, 0.717) is 13.0 Å². The largest absolute Gasteiger partial charge is 0.597 e. The first-order valence-electron chi connectivity index (χ1n) is 13.5. The van der Waals surface area contributed by atoms with Crippen LogP contribution in [-0.2, 0) is 15.8 Å². The molecule has 0 aliphatic carbocycles. The van der Waals surface area contributed by atoms with Gasteiger partial charge in [-0.25, -0.2) is 0 Å². The Hall–Kier alpha value is -2.29. The van der Waals surface area contributed by atoms with E-state index in [1.54, 1.807) is 0 Å². The van der Waals surface area contributed by atoms with E-state index >= 15 is 0 Å². The molecule has 3 rings (SSSR count).